The molecule has 1 rings (SSSR count). The van der Waals surface area contributed by atoms with E-state index >= 15 is 0 Å². The van der Waals surface area contributed by atoms with E-state index in [1.165, 1.54) is 24.3 Å². The second-order valence-electron chi connectivity index (χ2n) is 2.50. The van der Waals surface area contributed by atoms with Crippen LogP contribution < -0.4 is 0 Å². The van der Waals surface area contributed by atoms with Crippen LogP contribution in [0.3, 0.4) is 0 Å². The van der Waals surface area contributed by atoms with Gasteiger partial charge < -0.3 is 5.11 Å². The molecule has 0 aromatic heterocycles. The first-order chi connectivity index (χ1) is 6.65. The Balaban J connectivity index is 3.09. The first kappa shape index (κ1) is 10.3. The van der Waals surface area contributed by atoms with Crippen LogP contribution in [0.4, 0.5) is 0 Å². The number of carboxylic acid groups (broad SMARTS) is 1. The molecule has 1 aromatic carbocycles. The molecule has 0 saturated heterocycles. The van der Waals surface area contributed by atoms with Gasteiger partial charge in [-0.3, -0.25) is 0 Å². The lowest BCUT2D eigenvalue weighted by Crippen LogP contribution is -1.95. The largest absolute Gasteiger partial charge is 0.478 e. The highest BCUT2D eigenvalue weighted by atomic mass is 35.5. The smallest absolute Gasteiger partial charge is 0.335 e. The summed E-state index contributed by atoms with van der Waals surface area (Å²) in [4.78, 5) is 10.5. The number of hydrogen-bond donors (Lipinski definition) is 1. The van der Waals surface area contributed by atoms with Crippen LogP contribution in [0.2, 0.25) is 5.02 Å². The molecule has 0 heterocycles. The van der Waals surface area contributed by atoms with E-state index < -0.39 is 5.97 Å². The first-order valence-electron chi connectivity index (χ1n) is 3.74. The molecule has 0 saturated carbocycles. The van der Waals surface area contributed by atoms with Crippen LogP contribution >= 0.6 is 11.6 Å². The van der Waals surface area contributed by atoms with E-state index in [4.69, 9.17) is 22.0 Å². The van der Waals surface area contributed by atoms with E-state index in [-0.39, 0.29) is 5.56 Å². The summed E-state index contributed by atoms with van der Waals surface area (Å²) in [7, 11) is 0. The average molecular weight is 208 g/mol. The van der Waals surface area contributed by atoms with Gasteiger partial charge in [0.15, 0.2) is 0 Å². The molecule has 0 aliphatic heterocycles. The molecule has 3 nitrogen and oxygen atoms in total. The van der Waals surface area contributed by atoms with Crippen molar-refractivity contribution in [3.8, 4) is 6.07 Å². The van der Waals surface area contributed by atoms with Gasteiger partial charge in [0.25, 0.3) is 0 Å². The van der Waals surface area contributed by atoms with Gasteiger partial charge in [-0.1, -0.05) is 17.7 Å². The van der Waals surface area contributed by atoms with Crippen molar-refractivity contribution in [1.82, 2.24) is 0 Å². The maximum Gasteiger partial charge on any atom is 0.335 e. The Morgan fingerprint density at radius 1 is 1.57 bits per heavy atom. The lowest BCUT2D eigenvalue weighted by Gasteiger charge is -1.99. The Bertz CT molecular complexity index is 432. The molecular weight excluding hydrogens is 202 g/mol. The van der Waals surface area contributed by atoms with Crippen molar-refractivity contribution in [1.29, 1.82) is 5.26 Å². The van der Waals surface area contributed by atoms with E-state index in [0.717, 1.165) is 0 Å². The predicted octanol–water partition coefficient (Wildman–Crippen LogP) is 2.57. The molecule has 4 heteroatoms. The van der Waals surface area contributed by atoms with E-state index in [0.29, 0.717) is 10.6 Å². The Morgan fingerprint density at radius 2 is 2.29 bits per heavy atom. The summed E-state index contributed by atoms with van der Waals surface area (Å²) >= 11 is 5.79. The molecule has 0 atom stereocenters. The summed E-state index contributed by atoms with van der Waals surface area (Å²) in [5, 5.41) is 17.3. The van der Waals surface area contributed by atoms with Crippen molar-refractivity contribution in [3.05, 3.63) is 40.4 Å². The summed E-state index contributed by atoms with van der Waals surface area (Å²) in [6.07, 6.45) is 2.80. The Kier molecular flexibility index (Phi) is 3.27. The first-order valence-corrected chi connectivity index (χ1v) is 4.12. The van der Waals surface area contributed by atoms with Gasteiger partial charge in [-0.2, -0.15) is 5.26 Å². The maximum absolute atomic E-state index is 10.5. The summed E-state index contributed by atoms with van der Waals surface area (Å²) in [5.74, 6) is -1.03. The molecule has 0 bridgehead atoms. The number of benzene rings is 1. The van der Waals surface area contributed by atoms with Gasteiger partial charge in [0.1, 0.15) is 0 Å². The lowest BCUT2D eigenvalue weighted by molar-refractivity contribution is 0.0697. The van der Waals surface area contributed by atoms with Crippen molar-refractivity contribution >= 4 is 23.6 Å². The Hall–Kier alpha value is -1.79. The second kappa shape index (κ2) is 4.45. The van der Waals surface area contributed by atoms with Crippen LogP contribution in [-0.4, -0.2) is 11.1 Å². The van der Waals surface area contributed by atoms with E-state index in [1.807, 2.05) is 6.07 Å². The van der Waals surface area contributed by atoms with Gasteiger partial charge >= 0.3 is 5.97 Å². The third-order valence-corrected chi connectivity index (χ3v) is 1.91. The highest BCUT2D eigenvalue weighted by Gasteiger charge is 2.04. The monoisotopic (exact) mass is 207 g/mol. The molecule has 1 aromatic rings. The van der Waals surface area contributed by atoms with Gasteiger partial charge in [-0.05, 0) is 23.8 Å². The fraction of sp³-hybridized carbons (Fsp3) is 0. The Labute approximate surface area is 85.9 Å². The minimum Gasteiger partial charge on any atom is -0.478 e. The quantitative estimate of drug-likeness (QED) is 0.759. The minimum absolute atomic E-state index is 0.129. The predicted molar refractivity (Wildman–Crippen MR) is 53.1 cm³/mol. The number of rotatable bonds is 2. The fourth-order valence-electron chi connectivity index (χ4n) is 0.922. The third-order valence-electron chi connectivity index (χ3n) is 1.58. The molecule has 0 aliphatic rings. The molecule has 0 fully saturated rings. The zero-order chi connectivity index (χ0) is 10.6. The topological polar surface area (TPSA) is 61.1 Å². The molecule has 1 N–H and O–H groups in total. The van der Waals surface area contributed by atoms with Gasteiger partial charge in [0, 0.05) is 11.1 Å². The molecule has 0 aliphatic carbocycles. The Morgan fingerprint density at radius 3 is 2.79 bits per heavy atom. The van der Waals surface area contributed by atoms with Crippen molar-refractivity contribution in [2.75, 3.05) is 0 Å². The number of nitrogens with zero attached hydrogens (tertiary/aromatic N) is 1. The van der Waals surface area contributed by atoms with Crippen molar-refractivity contribution in [3.63, 3.8) is 0 Å². The second-order valence-corrected chi connectivity index (χ2v) is 2.91. The van der Waals surface area contributed by atoms with E-state index in [9.17, 15) is 4.79 Å². The van der Waals surface area contributed by atoms with Crippen LogP contribution in [0, 0.1) is 11.3 Å². The molecule has 14 heavy (non-hydrogen) atoms. The van der Waals surface area contributed by atoms with E-state index in [1.54, 1.807) is 6.07 Å². The fourth-order valence-corrected chi connectivity index (χ4v) is 1.17. The molecular formula is C10H6ClNO2. The van der Waals surface area contributed by atoms with Crippen LogP contribution in [0.15, 0.2) is 24.3 Å². The third kappa shape index (κ3) is 2.35. The summed E-state index contributed by atoms with van der Waals surface area (Å²) in [6.45, 7) is 0. The molecule has 0 amide bonds. The van der Waals surface area contributed by atoms with Gasteiger partial charge in [0.2, 0.25) is 0 Å². The average Bonchev–Trinajstić information content (AvgIpc) is 2.15. The van der Waals surface area contributed by atoms with E-state index in [2.05, 4.69) is 0 Å². The maximum atomic E-state index is 10.5. The van der Waals surface area contributed by atoms with Gasteiger partial charge in [-0.15, -0.1) is 0 Å². The SMILES string of the molecule is N#CC=Cc1ccc(C(=O)O)cc1Cl. The molecule has 70 valence electrons. The molecule has 0 unspecified atom stereocenters. The highest BCUT2D eigenvalue weighted by Crippen LogP contribution is 2.19. The minimum atomic E-state index is -1.03. The number of carbonyl (C=O) groups is 1. The van der Waals surface area contributed by atoms with Crippen LogP contribution in [0.1, 0.15) is 15.9 Å². The van der Waals surface area contributed by atoms with Crippen LogP contribution in [-0.2, 0) is 0 Å². The van der Waals surface area contributed by atoms with Crippen molar-refractivity contribution < 1.29 is 9.90 Å². The number of halogens is 1. The number of aromatic carboxylic acids is 1. The zero-order valence-electron chi connectivity index (χ0n) is 7.07. The number of carboxylic acids is 1. The zero-order valence-corrected chi connectivity index (χ0v) is 7.82. The molecule has 0 spiro atoms. The van der Waals surface area contributed by atoms with Crippen molar-refractivity contribution in [2.45, 2.75) is 0 Å². The summed E-state index contributed by atoms with van der Waals surface area (Å²) in [5.41, 5.74) is 0.752. The standard InChI is InChI=1S/C10H6ClNO2/c11-9-6-8(10(13)14)4-3-7(9)2-1-5-12/h1-4,6H,(H,13,14). The highest BCUT2D eigenvalue weighted by molar-refractivity contribution is 6.32. The molecule has 0 radical (unpaired) electrons. The van der Waals surface area contributed by atoms with Gasteiger partial charge in [-0.25, -0.2) is 4.79 Å². The summed E-state index contributed by atoms with van der Waals surface area (Å²) in [6, 6.07) is 6.16. The summed E-state index contributed by atoms with van der Waals surface area (Å²) < 4.78 is 0. The lowest BCUT2D eigenvalue weighted by atomic mass is 10.1. The number of hydrogen-bond acceptors (Lipinski definition) is 2. The van der Waals surface area contributed by atoms with Gasteiger partial charge in [0.05, 0.1) is 11.6 Å². The number of nitriles is 1. The normalized spacial score (nSPS) is 10.0. The van der Waals surface area contributed by atoms with Crippen LogP contribution in [0.25, 0.3) is 6.08 Å². The van der Waals surface area contributed by atoms with Crippen molar-refractivity contribution in [2.24, 2.45) is 0 Å². The number of allylic oxidation sites excluding steroid dienone is 1. The van der Waals surface area contributed by atoms with Crippen LogP contribution in [0.5, 0.6) is 0 Å².